The number of aliphatic hydroxyl groups excluding tert-OH is 1. The first-order chi connectivity index (χ1) is 9.13. The summed E-state index contributed by atoms with van der Waals surface area (Å²) < 4.78 is 5.42. The molecule has 0 radical (unpaired) electrons. The molecule has 1 atom stereocenters. The van der Waals surface area contributed by atoms with Crippen LogP contribution in [0.15, 0.2) is 6.20 Å². The van der Waals surface area contributed by atoms with E-state index in [1.54, 1.807) is 7.11 Å². The third kappa shape index (κ3) is 3.27. The second-order valence-electron chi connectivity index (χ2n) is 5.72. The van der Waals surface area contributed by atoms with Crippen molar-refractivity contribution in [3.8, 4) is 5.75 Å². The normalized spacial score (nSPS) is 18.3. The molecule has 0 saturated heterocycles. The Morgan fingerprint density at radius 3 is 2.63 bits per heavy atom. The molecule has 0 spiro atoms. The van der Waals surface area contributed by atoms with Gasteiger partial charge in [-0.15, -0.1) is 0 Å². The molecule has 0 amide bonds. The Bertz CT molecular complexity index is 425. The van der Waals surface area contributed by atoms with Crippen molar-refractivity contribution < 1.29 is 9.84 Å². The summed E-state index contributed by atoms with van der Waals surface area (Å²) in [5.74, 6) is 1.35. The van der Waals surface area contributed by atoms with Gasteiger partial charge in [-0.2, -0.15) is 0 Å². The van der Waals surface area contributed by atoms with Crippen LogP contribution in [-0.2, 0) is 6.42 Å². The van der Waals surface area contributed by atoms with E-state index < -0.39 is 0 Å². The van der Waals surface area contributed by atoms with E-state index in [0.717, 1.165) is 35.4 Å². The number of methoxy groups -OCH3 is 1. The highest BCUT2D eigenvalue weighted by atomic mass is 16.5. The Hall–Kier alpha value is -1.09. The molecule has 3 nitrogen and oxygen atoms in total. The number of aliphatic hydroxyl groups is 1. The van der Waals surface area contributed by atoms with Gasteiger partial charge in [-0.25, -0.2) is 0 Å². The molecule has 1 aromatic rings. The lowest BCUT2D eigenvalue weighted by molar-refractivity contribution is 0.0840. The van der Waals surface area contributed by atoms with Crippen LogP contribution in [0.25, 0.3) is 0 Å². The predicted octanol–water partition coefficient (Wildman–Crippen LogP) is 3.19. The number of aromatic nitrogens is 1. The highest BCUT2D eigenvalue weighted by Gasteiger charge is 2.23. The van der Waals surface area contributed by atoms with Crippen molar-refractivity contribution in [2.24, 2.45) is 5.92 Å². The van der Waals surface area contributed by atoms with Crippen LogP contribution in [-0.4, -0.2) is 23.3 Å². The van der Waals surface area contributed by atoms with Crippen molar-refractivity contribution in [3.05, 3.63) is 23.0 Å². The molecule has 106 valence electrons. The molecular formula is C16H25NO2. The fourth-order valence-corrected chi connectivity index (χ4v) is 3.16. The van der Waals surface area contributed by atoms with Crippen molar-refractivity contribution >= 4 is 0 Å². The standard InChI is InChI=1S/C16H25NO2/c1-11-10-17-14(12(2)16(11)19-3)9-15(18)13-7-5-4-6-8-13/h10,13,15,18H,4-9H2,1-3H3. The first-order valence-electron chi connectivity index (χ1n) is 7.30. The Kier molecular flexibility index (Phi) is 4.81. The molecule has 3 heteroatoms. The van der Waals surface area contributed by atoms with Gasteiger partial charge in [0.15, 0.2) is 0 Å². The number of nitrogens with zero attached hydrogens (tertiary/aromatic N) is 1. The smallest absolute Gasteiger partial charge is 0.128 e. The minimum Gasteiger partial charge on any atom is -0.496 e. The lowest BCUT2D eigenvalue weighted by atomic mass is 9.83. The van der Waals surface area contributed by atoms with Crippen LogP contribution in [0.4, 0.5) is 0 Å². The molecule has 0 aliphatic heterocycles. The number of pyridine rings is 1. The minimum absolute atomic E-state index is 0.265. The summed E-state index contributed by atoms with van der Waals surface area (Å²) in [5.41, 5.74) is 3.09. The summed E-state index contributed by atoms with van der Waals surface area (Å²) in [5, 5.41) is 10.4. The van der Waals surface area contributed by atoms with Crippen molar-refractivity contribution in [3.63, 3.8) is 0 Å². The fourth-order valence-electron chi connectivity index (χ4n) is 3.16. The summed E-state index contributed by atoms with van der Waals surface area (Å²) >= 11 is 0. The van der Waals surface area contributed by atoms with Crippen LogP contribution in [0.5, 0.6) is 5.75 Å². The second kappa shape index (κ2) is 6.38. The van der Waals surface area contributed by atoms with Gasteiger partial charge in [-0.1, -0.05) is 19.3 Å². The van der Waals surface area contributed by atoms with Crippen molar-refractivity contribution in [2.45, 2.75) is 58.5 Å². The van der Waals surface area contributed by atoms with E-state index in [0.29, 0.717) is 12.3 Å². The van der Waals surface area contributed by atoms with E-state index in [1.807, 2.05) is 20.0 Å². The summed E-state index contributed by atoms with van der Waals surface area (Å²) in [6, 6.07) is 0. The Balaban J connectivity index is 2.10. The molecule has 1 aromatic heterocycles. The van der Waals surface area contributed by atoms with Crippen LogP contribution in [0, 0.1) is 19.8 Å². The van der Waals surface area contributed by atoms with Gasteiger partial charge in [0.2, 0.25) is 0 Å². The van der Waals surface area contributed by atoms with Crippen LogP contribution in [0.2, 0.25) is 0 Å². The second-order valence-corrected chi connectivity index (χ2v) is 5.72. The van der Waals surface area contributed by atoms with E-state index in [2.05, 4.69) is 4.98 Å². The van der Waals surface area contributed by atoms with Gasteiger partial charge in [-0.05, 0) is 32.6 Å². The van der Waals surface area contributed by atoms with E-state index in [-0.39, 0.29) is 6.10 Å². The minimum atomic E-state index is -0.265. The zero-order valence-electron chi connectivity index (χ0n) is 12.3. The monoisotopic (exact) mass is 263 g/mol. The number of hydrogen-bond donors (Lipinski definition) is 1. The summed E-state index contributed by atoms with van der Waals surface area (Å²) in [4.78, 5) is 4.48. The van der Waals surface area contributed by atoms with Crippen LogP contribution in [0.1, 0.15) is 48.9 Å². The Morgan fingerprint density at radius 1 is 1.32 bits per heavy atom. The quantitative estimate of drug-likeness (QED) is 0.907. The highest BCUT2D eigenvalue weighted by molar-refractivity contribution is 5.41. The van der Waals surface area contributed by atoms with Crippen molar-refractivity contribution in [1.82, 2.24) is 4.98 Å². The predicted molar refractivity (Wildman–Crippen MR) is 76.5 cm³/mol. The maximum absolute atomic E-state index is 10.4. The van der Waals surface area contributed by atoms with E-state index in [4.69, 9.17) is 4.74 Å². The molecule has 1 saturated carbocycles. The third-order valence-corrected chi connectivity index (χ3v) is 4.35. The maximum atomic E-state index is 10.4. The van der Waals surface area contributed by atoms with Gasteiger partial charge < -0.3 is 9.84 Å². The molecule has 0 aromatic carbocycles. The Morgan fingerprint density at radius 2 is 2.00 bits per heavy atom. The zero-order valence-corrected chi connectivity index (χ0v) is 12.3. The van der Waals surface area contributed by atoms with Crippen molar-refractivity contribution in [1.29, 1.82) is 0 Å². The molecule has 2 rings (SSSR count). The first-order valence-corrected chi connectivity index (χ1v) is 7.30. The molecule has 1 unspecified atom stereocenters. The highest BCUT2D eigenvalue weighted by Crippen LogP contribution is 2.30. The van der Waals surface area contributed by atoms with Crippen molar-refractivity contribution in [2.75, 3.05) is 7.11 Å². The molecule has 0 bridgehead atoms. The SMILES string of the molecule is COc1c(C)cnc(CC(O)C2CCCCC2)c1C. The molecule has 1 fully saturated rings. The number of ether oxygens (including phenoxy) is 1. The molecule has 1 aliphatic rings. The van der Waals surface area contributed by atoms with E-state index in [9.17, 15) is 5.11 Å². The first kappa shape index (κ1) is 14.3. The summed E-state index contributed by atoms with van der Waals surface area (Å²) in [7, 11) is 1.69. The average Bonchev–Trinajstić information content (AvgIpc) is 2.43. The molecular weight excluding hydrogens is 238 g/mol. The number of aryl methyl sites for hydroxylation is 1. The van der Waals surface area contributed by atoms with Gasteiger partial charge in [0.05, 0.1) is 13.2 Å². The zero-order chi connectivity index (χ0) is 13.8. The lowest BCUT2D eigenvalue weighted by Crippen LogP contribution is -2.25. The van der Waals surface area contributed by atoms with Gasteiger partial charge in [0.1, 0.15) is 5.75 Å². The van der Waals surface area contributed by atoms with Gasteiger partial charge in [0.25, 0.3) is 0 Å². The molecule has 1 N–H and O–H groups in total. The van der Waals surface area contributed by atoms with Crippen LogP contribution < -0.4 is 4.74 Å². The maximum Gasteiger partial charge on any atom is 0.128 e. The molecule has 19 heavy (non-hydrogen) atoms. The van der Waals surface area contributed by atoms with Crippen LogP contribution >= 0.6 is 0 Å². The fraction of sp³-hybridized carbons (Fsp3) is 0.688. The average molecular weight is 263 g/mol. The Labute approximate surface area is 116 Å². The van der Waals surface area contributed by atoms with E-state index >= 15 is 0 Å². The summed E-state index contributed by atoms with van der Waals surface area (Å²) in [6.45, 7) is 4.03. The third-order valence-electron chi connectivity index (χ3n) is 4.35. The lowest BCUT2D eigenvalue weighted by Gasteiger charge is -2.27. The van der Waals surface area contributed by atoms with Gasteiger partial charge in [0, 0.05) is 29.4 Å². The largest absolute Gasteiger partial charge is 0.496 e. The molecule has 1 heterocycles. The number of rotatable bonds is 4. The van der Waals surface area contributed by atoms with Gasteiger partial charge >= 0.3 is 0 Å². The molecule has 1 aliphatic carbocycles. The van der Waals surface area contributed by atoms with Gasteiger partial charge in [-0.3, -0.25) is 4.98 Å². The number of hydrogen-bond acceptors (Lipinski definition) is 3. The topological polar surface area (TPSA) is 42.4 Å². The van der Waals surface area contributed by atoms with Crippen LogP contribution in [0.3, 0.4) is 0 Å². The summed E-state index contributed by atoms with van der Waals surface area (Å²) in [6.07, 6.45) is 8.36. The van der Waals surface area contributed by atoms with E-state index in [1.165, 1.54) is 19.3 Å².